The van der Waals surface area contributed by atoms with Crippen LogP contribution in [0.15, 0.2) is 24.3 Å². The lowest BCUT2D eigenvalue weighted by Crippen LogP contribution is -2.43. The number of hydrogen-bond acceptors (Lipinski definition) is 3. The summed E-state index contributed by atoms with van der Waals surface area (Å²) in [5.41, 5.74) is 3.02. The average Bonchev–Trinajstić information content (AvgIpc) is 2.49. The fourth-order valence-corrected chi connectivity index (χ4v) is 3.35. The summed E-state index contributed by atoms with van der Waals surface area (Å²) in [6.45, 7) is 5.66. The van der Waals surface area contributed by atoms with Gasteiger partial charge in [-0.2, -0.15) is 0 Å². The van der Waals surface area contributed by atoms with Crippen LogP contribution in [0.4, 0.5) is 0 Å². The number of piperazine rings is 1. The zero-order valence-corrected chi connectivity index (χ0v) is 11.9. The molecular formula is C16H25N3. The second-order valence-electron chi connectivity index (χ2n) is 5.89. The molecule has 0 spiro atoms. The van der Waals surface area contributed by atoms with E-state index < -0.39 is 0 Å². The van der Waals surface area contributed by atoms with Crippen molar-refractivity contribution >= 4 is 0 Å². The van der Waals surface area contributed by atoms with Gasteiger partial charge in [0.25, 0.3) is 0 Å². The monoisotopic (exact) mass is 259 g/mol. The van der Waals surface area contributed by atoms with Crippen LogP contribution in [0.25, 0.3) is 0 Å². The van der Waals surface area contributed by atoms with E-state index in [9.17, 15) is 0 Å². The van der Waals surface area contributed by atoms with Gasteiger partial charge in [-0.3, -0.25) is 4.90 Å². The van der Waals surface area contributed by atoms with Gasteiger partial charge >= 0.3 is 0 Å². The van der Waals surface area contributed by atoms with E-state index in [0.717, 1.165) is 25.6 Å². The molecule has 3 heteroatoms. The lowest BCUT2D eigenvalue weighted by molar-refractivity contribution is 0.202. The fraction of sp³-hybridized carbons (Fsp3) is 0.625. The molecule has 2 saturated heterocycles. The van der Waals surface area contributed by atoms with Crippen molar-refractivity contribution in [2.45, 2.75) is 24.8 Å². The first-order valence-electron chi connectivity index (χ1n) is 7.56. The molecular weight excluding hydrogens is 234 g/mol. The Labute approximate surface area is 116 Å². The number of piperidine rings is 1. The quantitative estimate of drug-likeness (QED) is 0.847. The Morgan fingerprint density at radius 2 is 1.84 bits per heavy atom. The number of hydrogen-bond donors (Lipinski definition) is 2. The van der Waals surface area contributed by atoms with Crippen molar-refractivity contribution in [1.29, 1.82) is 0 Å². The summed E-state index contributed by atoms with van der Waals surface area (Å²) in [6, 6.07) is 9.84. The van der Waals surface area contributed by atoms with Crippen molar-refractivity contribution in [2.75, 3.05) is 39.8 Å². The van der Waals surface area contributed by atoms with Gasteiger partial charge in [-0.05, 0) is 50.0 Å². The topological polar surface area (TPSA) is 27.3 Å². The van der Waals surface area contributed by atoms with Gasteiger partial charge in [0, 0.05) is 25.7 Å². The molecule has 0 radical (unpaired) electrons. The second-order valence-corrected chi connectivity index (χ2v) is 5.89. The first-order valence-corrected chi connectivity index (χ1v) is 7.56. The standard InChI is InChI=1S/C16H25N3/c1-19-10-9-18-12-16(19)15-4-2-3-14(11-15)13-5-7-17-8-6-13/h2-4,11,13,16-18H,5-10,12H2,1H3. The van der Waals surface area contributed by atoms with Gasteiger partial charge in [0.05, 0.1) is 0 Å². The van der Waals surface area contributed by atoms with Crippen molar-refractivity contribution < 1.29 is 0 Å². The average molecular weight is 259 g/mol. The third kappa shape index (κ3) is 2.99. The molecule has 2 fully saturated rings. The summed E-state index contributed by atoms with van der Waals surface area (Å²) in [5, 5.41) is 6.96. The Morgan fingerprint density at radius 1 is 1.05 bits per heavy atom. The number of benzene rings is 1. The lowest BCUT2D eigenvalue weighted by atomic mass is 9.88. The molecule has 2 N–H and O–H groups in total. The van der Waals surface area contributed by atoms with E-state index in [1.807, 2.05) is 0 Å². The number of nitrogens with one attached hydrogen (secondary N) is 2. The molecule has 0 saturated carbocycles. The summed E-state index contributed by atoms with van der Waals surface area (Å²) >= 11 is 0. The van der Waals surface area contributed by atoms with Crippen LogP contribution in [-0.4, -0.2) is 44.7 Å². The highest BCUT2D eigenvalue weighted by Crippen LogP contribution is 2.28. The van der Waals surface area contributed by atoms with E-state index in [4.69, 9.17) is 0 Å². The van der Waals surface area contributed by atoms with Crippen molar-refractivity contribution in [3.63, 3.8) is 0 Å². The minimum absolute atomic E-state index is 0.537. The number of likely N-dealkylation sites (N-methyl/N-ethyl adjacent to an activating group) is 1. The van der Waals surface area contributed by atoms with E-state index in [0.29, 0.717) is 6.04 Å². The molecule has 2 aliphatic heterocycles. The predicted octanol–water partition coefficient (Wildman–Crippen LogP) is 1.73. The molecule has 1 aromatic carbocycles. The van der Waals surface area contributed by atoms with Crippen LogP contribution in [-0.2, 0) is 0 Å². The highest BCUT2D eigenvalue weighted by molar-refractivity contribution is 5.29. The zero-order chi connectivity index (χ0) is 13.1. The molecule has 0 bridgehead atoms. The van der Waals surface area contributed by atoms with E-state index in [-0.39, 0.29) is 0 Å². The summed E-state index contributed by atoms with van der Waals surface area (Å²) in [7, 11) is 2.24. The van der Waals surface area contributed by atoms with Crippen molar-refractivity contribution in [2.24, 2.45) is 0 Å². The highest BCUT2D eigenvalue weighted by atomic mass is 15.2. The fourth-order valence-electron chi connectivity index (χ4n) is 3.35. The van der Waals surface area contributed by atoms with Gasteiger partial charge in [0.15, 0.2) is 0 Å². The van der Waals surface area contributed by atoms with Crippen LogP contribution < -0.4 is 10.6 Å². The maximum absolute atomic E-state index is 3.51. The largest absolute Gasteiger partial charge is 0.317 e. The second kappa shape index (κ2) is 6.04. The molecule has 2 heterocycles. The molecule has 0 aliphatic carbocycles. The van der Waals surface area contributed by atoms with E-state index in [1.54, 1.807) is 0 Å². The predicted molar refractivity (Wildman–Crippen MR) is 79.5 cm³/mol. The van der Waals surface area contributed by atoms with Crippen molar-refractivity contribution in [3.05, 3.63) is 35.4 Å². The van der Waals surface area contributed by atoms with Crippen molar-refractivity contribution in [3.8, 4) is 0 Å². The molecule has 19 heavy (non-hydrogen) atoms. The summed E-state index contributed by atoms with van der Waals surface area (Å²) < 4.78 is 0. The molecule has 1 aromatic rings. The first-order chi connectivity index (χ1) is 9.34. The maximum atomic E-state index is 3.51. The third-order valence-electron chi connectivity index (χ3n) is 4.62. The highest BCUT2D eigenvalue weighted by Gasteiger charge is 2.22. The first kappa shape index (κ1) is 13.1. The summed E-state index contributed by atoms with van der Waals surface area (Å²) in [6.07, 6.45) is 2.56. The molecule has 1 unspecified atom stereocenters. The molecule has 0 aromatic heterocycles. The Kier molecular flexibility index (Phi) is 4.16. The van der Waals surface area contributed by atoms with Crippen LogP contribution in [0.1, 0.15) is 35.9 Å². The third-order valence-corrected chi connectivity index (χ3v) is 4.62. The Bertz CT molecular complexity index is 412. The van der Waals surface area contributed by atoms with Crippen LogP contribution in [0.5, 0.6) is 0 Å². The Morgan fingerprint density at radius 3 is 2.63 bits per heavy atom. The lowest BCUT2D eigenvalue weighted by Gasteiger charge is -2.34. The minimum atomic E-state index is 0.537. The smallest absolute Gasteiger partial charge is 0.0470 e. The van der Waals surface area contributed by atoms with Crippen LogP contribution in [0, 0.1) is 0 Å². The van der Waals surface area contributed by atoms with Gasteiger partial charge in [0.1, 0.15) is 0 Å². The Hall–Kier alpha value is -0.900. The van der Waals surface area contributed by atoms with Crippen molar-refractivity contribution in [1.82, 2.24) is 15.5 Å². The summed E-state index contributed by atoms with van der Waals surface area (Å²) in [5.74, 6) is 0.753. The summed E-state index contributed by atoms with van der Waals surface area (Å²) in [4.78, 5) is 2.47. The molecule has 3 nitrogen and oxygen atoms in total. The molecule has 2 aliphatic rings. The van der Waals surface area contributed by atoms with Gasteiger partial charge in [-0.25, -0.2) is 0 Å². The van der Waals surface area contributed by atoms with Crippen LogP contribution >= 0.6 is 0 Å². The maximum Gasteiger partial charge on any atom is 0.0470 e. The van der Waals surface area contributed by atoms with E-state index in [2.05, 4.69) is 46.8 Å². The van der Waals surface area contributed by atoms with E-state index >= 15 is 0 Å². The SMILES string of the molecule is CN1CCNCC1c1cccc(C2CCNCC2)c1. The minimum Gasteiger partial charge on any atom is -0.317 e. The Balaban J connectivity index is 1.78. The number of rotatable bonds is 2. The van der Waals surface area contributed by atoms with Gasteiger partial charge < -0.3 is 10.6 Å². The zero-order valence-electron chi connectivity index (χ0n) is 11.9. The van der Waals surface area contributed by atoms with Gasteiger partial charge in [0.2, 0.25) is 0 Å². The van der Waals surface area contributed by atoms with E-state index in [1.165, 1.54) is 37.1 Å². The van der Waals surface area contributed by atoms with Crippen LogP contribution in [0.2, 0.25) is 0 Å². The molecule has 1 atom stereocenters. The normalized spacial score (nSPS) is 26.5. The molecule has 104 valence electrons. The number of nitrogens with zero attached hydrogens (tertiary/aromatic N) is 1. The molecule has 3 rings (SSSR count). The molecule has 0 amide bonds. The van der Waals surface area contributed by atoms with Gasteiger partial charge in [-0.15, -0.1) is 0 Å². The van der Waals surface area contributed by atoms with Gasteiger partial charge in [-0.1, -0.05) is 24.3 Å². The van der Waals surface area contributed by atoms with Crippen LogP contribution in [0.3, 0.4) is 0 Å².